The van der Waals surface area contributed by atoms with E-state index in [0.29, 0.717) is 6.42 Å². The number of phenolic OH excluding ortho intramolecular Hbond substituents is 2. The van der Waals surface area contributed by atoms with Crippen molar-refractivity contribution in [1.29, 1.82) is 0 Å². The molecular weight excluding hydrogens is 684 g/mol. The molecule has 5 rings (SSSR count). The van der Waals surface area contributed by atoms with Crippen molar-refractivity contribution >= 4 is 23.8 Å². The standard InChI is InChI=1S/C36H38N2O14/c1-8-17(3)29-34(44)38(47)36(18(4)9-2,35(45)37(29)46)51-26-16-23(12-15-25(26)52-38)28-31(43)30(42)27(22-10-13-24(14-11-22)48-19(5)39)32(49-20(6)40)33(28)50-21(7)41/h10-18,42-44,46H,8-9H2,1-7H3/t17-,18-,36-,38-/m0/s1. The molecule has 0 bridgehead atoms. The number of carbonyl (C=O) groups excluding carboxylic acids is 4. The number of rotatable bonds is 9. The molecule has 1 amide bonds. The Morgan fingerprint density at radius 3 is 1.85 bits per heavy atom. The number of nitrogens with zero attached hydrogens (tertiary/aromatic N) is 2. The number of aliphatic hydroxyl groups is 1. The Balaban J connectivity index is 1.76. The van der Waals surface area contributed by atoms with E-state index in [9.17, 15) is 44.9 Å². The highest BCUT2D eigenvalue weighted by Gasteiger charge is 2.72. The topological polar surface area (TPSA) is 222 Å². The van der Waals surface area contributed by atoms with Gasteiger partial charge in [-0.3, -0.25) is 29.2 Å². The predicted molar refractivity (Wildman–Crippen MR) is 179 cm³/mol. The number of hydroxylamine groups is 6. The molecule has 4 atom stereocenters. The van der Waals surface area contributed by atoms with Crippen LogP contribution in [0.2, 0.25) is 0 Å². The second kappa shape index (κ2) is 13.7. The lowest BCUT2D eigenvalue weighted by atomic mass is 9.89. The van der Waals surface area contributed by atoms with Gasteiger partial charge >= 0.3 is 35.4 Å². The molecule has 2 aliphatic rings. The highest BCUT2D eigenvalue weighted by molar-refractivity contribution is 5.96. The normalized spacial score (nSPS) is 20.5. The number of benzene rings is 3. The number of aromatic hydroxyl groups is 2. The number of ether oxygens (including phenoxy) is 4. The van der Waals surface area contributed by atoms with Crippen LogP contribution in [-0.4, -0.2) is 59.9 Å². The first-order valence-electron chi connectivity index (χ1n) is 16.3. The van der Waals surface area contributed by atoms with Crippen molar-refractivity contribution in [2.24, 2.45) is 11.8 Å². The van der Waals surface area contributed by atoms with E-state index in [4.69, 9.17) is 23.8 Å². The van der Waals surface area contributed by atoms with Gasteiger partial charge in [-0.15, -0.1) is 0 Å². The summed E-state index contributed by atoms with van der Waals surface area (Å²) in [5.74, 6) is -9.22. The number of amides is 1. The number of quaternary nitrogens is 1. The van der Waals surface area contributed by atoms with Crippen LogP contribution in [-0.2, 0) is 19.2 Å². The first kappa shape index (κ1) is 37.4. The van der Waals surface area contributed by atoms with Crippen LogP contribution in [0.25, 0.3) is 22.3 Å². The Labute approximate surface area is 297 Å². The fourth-order valence-electron chi connectivity index (χ4n) is 6.18. The van der Waals surface area contributed by atoms with Gasteiger partial charge in [0.25, 0.3) is 0 Å². The van der Waals surface area contributed by atoms with Crippen LogP contribution in [0.4, 0.5) is 0 Å². The van der Waals surface area contributed by atoms with Gasteiger partial charge in [-0.2, -0.15) is 5.06 Å². The largest absolute Gasteiger partial charge is 0.578 e. The minimum Gasteiger partial charge on any atom is -0.578 e. The fourth-order valence-corrected chi connectivity index (χ4v) is 6.18. The predicted octanol–water partition coefficient (Wildman–Crippen LogP) is 5.96. The molecule has 16 nitrogen and oxygen atoms in total. The molecule has 2 aliphatic heterocycles. The Bertz CT molecular complexity index is 2010. The maximum atomic E-state index is 14.6. The minimum atomic E-state index is -2.61. The van der Waals surface area contributed by atoms with Crippen LogP contribution in [0.3, 0.4) is 0 Å². The SMILES string of the molecule is CC[C@H](C)C1=C(O)[N@+]2([O-])Oc3ccc(-c4c(O)c(O)c(-c5ccc(OC(C)=O)cc5)c(OC(C)=O)c4OC(C)=O)cc3O[C@@]2([C@@H](C)CC)C(=O)N1O. The van der Waals surface area contributed by atoms with Gasteiger partial charge in [-0.25, -0.2) is 0 Å². The van der Waals surface area contributed by atoms with Crippen LogP contribution in [0, 0.1) is 17.0 Å². The summed E-state index contributed by atoms with van der Waals surface area (Å²) in [4.78, 5) is 54.0. The molecule has 2 heterocycles. The van der Waals surface area contributed by atoms with Gasteiger partial charge in [0.05, 0.1) is 17.0 Å². The molecule has 0 spiro atoms. The molecule has 0 aromatic heterocycles. The van der Waals surface area contributed by atoms with Gasteiger partial charge in [0, 0.05) is 26.7 Å². The zero-order valence-electron chi connectivity index (χ0n) is 29.4. The highest BCUT2D eigenvalue weighted by Crippen LogP contribution is 2.58. The number of allylic oxidation sites excluding steroid dienone is 1. The van der Waals surface area contributed by atoms with Crippen molar-refractivity contribution in [2.45, 2.75) is 67.0 Å². The molecule has 52 heavy (non-hydrogen) atoms. The number of phenols is 2. The third-order valence-electron chi connectivity index (χ3n) is 9.01. The third-order valence-corrected chi connectivity index (χ3v) is 9.01. The van der Waals surface area contributed by atoms with Gasteiger partial charge in [0.2, 0.25) is 5.75 Å². The molecule has 0 radical (unpaired) electrons. The summed E-state index contributed by atoms with van der Waals surface area (Å²) in [6.45, 7) is 9.81. The van der Waals surface area contributed by atoms with E-state index in [1.165, 1.54) is 56.3 Å². The number of aliphatic hydroxyl groups excluding tert-OH is 1. The lowest BCUT2D eigenvalue weighted by molar-refractivity contribution is -1.08. The average molecular weight is 723 g/mol. The fraction of sp³-hybridized carbons (Fsp3) is 0.333. The Hall–Kier alpha value is -5.84. The number of esters is 3. The van der Waals surface area contributed by atoms with E-state index >= 15 is 0 Å². The maximum absolute atomic E-state index is 14.6. The lowest BCUT2D eigenvalue weighted by Gasteiger charge is -2.56. The van der Waals surface area contributed by atoms with Crippen molar-refractivity contribution in [3.05, 3.63) is 59.3 Å². The van der Waals surface area contributed by atoms with Gasteiger partial charge in [0.1, 0.15) is 5.75 Å². The van der Waals surface area contributed by atoms with Gasteiger partial charge in [-0.1, -0.05) is 44.6 Å². The third kappa shape index (κ3) is 5.89. The number of fused-ring (bicyclic) bond motifs is 2. The van der Waals surface area contributed by atoms with E-state index in [1.54, 1.807) is 20.8 Å². The lowest BCUT2D eigenvalue weighted by Crippen LogP contribution is -2.78. The molecule has 3 aromatic carbocycles. The summed E-state index contributed by atoms with van der Waals surface area (Å²) >= 11 is 0. The van der Waals surface area contributed by atoms with Crippen molar-refractivity contribution in [3.8, 4) is 62.5 Å². The number of hydrogen-bond acceptors (Lipinski definition) is 14. The van der Waals surface area contributed by atoms with Crippen LogP contribution < -0.4 is 23.8 Å². The molecule has 0 fully saturated rings. The zero-order valence-corrected chi connectivity index (χ0v) is 29.4. The quantitative estimate of drug-likeness (QED) is 0.0500. The Kier molecular flexibility index (Phi) is 9.86. The molecule has 0 saturated carbocycles. The first-order valence-corrected chi connectivity index (χ1v) is 16.3. The van der Waals surface area contributed by atoms with E-state index in [1.807, 2.05) is 0 Å². The van der Waals surface area contributed by atoms with E-state index in [0.717, 1.165) is 13.8 Å². The van der Waals surface area contributed by atoms with Crippen LogP contribution in [0.5, 0.6) is 40.2 Å². The molecule has 0 aliphatic carbocycles. The molecule has 3 aromatic rings. The van der Waals surface area contributed by atoms with Gasteiger partial charge < -0.3 is 39.5 Å². The minimum absolute atomic E-state index is 0.0501. The number of hydrogen-bond donors (Lipinski definition) is 4. The summed E-state index contributed by atoms with van der Waals surface area (Å²) < 4.78 is 22.2. The first-order chi connectivity index (χ1) is 24.4. The number of carbonyl (C=O) groups is 4. The van der Waals surface area contributed by atoms with Crippen LogP contribution in [0.1, 0.15) is 61.3 Å². The summed E-state index contributed by atoms with van der Waals surface area (Å²) in [6.07, 6.45) is 0.488. The second-order valence-electron chi connectivity index (χ2n) is 12.5. The molecular formula is C36H38N2O14. The summed E-state index contributed by atoms with van der Waals surface area (Å²) in [5, 5.41) is 60.2. The van der Waals surface area contributed by atoms with Crippen molar-refractivity contribution < 1.29 is 68.3 Å². The molecule has 16 heteroatoms. The van der Waals surface area contributed by atoms with E-state index in [2.05, 4.69) is 0 Å². The average Bonchev–Trinajstić information content (AvgIpc) is 3.08. The van der Waals surface area contributed by atoms with Crippen molar-refractivity contribution in [3.63, 3.8) is 0 Å². The van der Waals surface area contributed by atoms with Gasteiger partial charge in [0.15, 0.2) is 34.4 Å². The van der Waals surface area contributed by atoms with Crippen molar-refractivity contribution in [2.75, 3.05) is 0 Å². The summed E-state index contributed by atoms with van der Waals surface area (Å²) in [6, 6.07) is 9.26. The van der Waals surface area contributed by atoms with Crippen molar-refractivity contribution in [1.82, 2.24) is 5.06 Å². The Morgan fingerprint density at radius 2 is 1.35 bits per heavy atom. The van der Waals surface area contributed by atoms with Gasteiger partial charge in [-0.05, 0) is 54.3 Å². The summed E-state index contributed by atoms with van der Waals surface area (Å²) in [5.41, 5.74) is -3.50. The Morgan fingerprint density at radius 1 is 0.827 bits per heavy atom. The van der Waals surface area contributed by atoms with E-state index < -0.39 is 75.1 Å². The second-order valence-corrected chi connectivity index (χ2v) is 12.5. The maximum Gasteiger partial charge on any atom is 0.374 e. The molecule has 4 N–H and O–H groups in total. The van der Waals surface area contributed by atoms with Crippen LogP contribution >= 0.6 is 0 Å². The monoisotopic (exact) mass is 722 g/mol. The zero-order chi connectivity index (χ0) is 38.4. The molecule has 0 saturated heterocycles. The van der Waals surface area contributed by atoms with E-state index in [-0.39, 0.29) is 56.7 Å². The highest BCUT2D eigenvalue weighted by atomic mass is 17.0. The molecule has 0 unspecified atom stereocenters. The smallest absolute Gasteiger partial charge is 0.374 e. The molecule has 276 valence electrons. The summed E-state index contributed by atoms with van der Waals surface area (Å²) in [7, 11) is 0. The van der Waals surface area contributed by atoms with Crippen LogP contribution in [0.15, 0.2) is 54.0 Å².